The average Bonchev–Trinajstić information content (AvgIpc) is 3.09. The lowest BCUT2D eigenvalue weighted by Crippen LogP contribution is -2.27. The fraction of sp³-hybridized carbons (Fsp3) is 0.105. The lowest BCUT2D eigenvalue weighted by molar-refractivity contribution is 0.0936. The van der Waals surface area contributed by atoms with Crippen molar-refractivity contribution < 1.29 is 9.18 Å². The molecule has 0 saturated carbocycles. The van der Waals surface area contributed by atoms with Crippen molar-refractivity contribution in [3.8, 4) is 5.69 Å². The van der Waals surface area contributed by atoms with Crippen LogP contribution < -0.4 is 5.32 Å². The number of amides is 1. The maximum Gasteiger partial charge on any atom is 0.254 e. The highest BCUT2D eigenvalue weighted by molar-refractivity contribution is 5.94. The van der Waals surface area contributed by atoms with E-state index in [1.165, 1.54) is 12.1 Å². The van der Waals surface area contributed by atoms with Crippen molar-refractivity contribution in [2.45, 2.75) is 13.0 Å². The maximum absolute atomic E-state index is 13.6. The molecule has 1 heterocycles. The van der Waals surface area contributed by atoms with Gasteiger partial charge in [-0.15, -0.1) is 0 Å². The summed E-state index contributed by atoms with van der Waals surface area (Å²) in [7, 11) is 0. The molecule has 1 N–H and O–H groups in total. The van der Waals surface area contributed by atoms with E-state index in [-0.39, 0.29) is 11.6 Å². The first-order valence-corrected chi connectivity index (χ1v) is 7.44. The van der Waals surface area contributed by atoms with Crippen LogP contribution in [0.15, 0.2) is 73.1 Å². The zero-order valence-corrected chi connectivity index (χ0v) is 12.7. The minimum Gasteiger partial charge on any atom is -0.345 e. The third-order valence-electron chi connectivity index (χ3n) is 3.76. The molecule has 3 aromatic rings. The van der Waals surface area contributed by atoms with Gasteiger partial charge >= 0.3 is 0 Å². The van der Waals surface area contributed by atoms with Crippen LogP contribution in [0.4, 0.5) is 4.39 Å². The number of carbonyl (C=O) groups excluding carboxylic acids is 1. The molecule has 23 heavy (non-hydrogen) atoms. The largest absolute Gasteiger partial charge is 0.345 e. The topological polar surface area (TPSA) is 34.0 Å². The summed E-state index contributed by atoms with van der Waals surface area (Å²) < 4.78 is 15.6. The maximum atomic E-state index is 13.6. The number of nitrogens with one attached hydrogen (secondary N) is 1. The fourth-order valence-corrected chi connectivity index (χ4v) is 2.44. The Balaban J connectivity index is 1.72. The monoisotopic (exact) mass is 308 g/mol. The van der Waals surface area contributed by atoms with Gasteiger partial charge < -0.3 is 9.88 Å². The number of hydrogen-bond acceptors (Lipinski definition) is 1. The molecular weight excluding hydrogens is 291 g/mol. The summed E-state index contributed by atoms with van der Waals surface area (Å²) in [5.41, 5.74) is 2.07. The van der Waals surface area contributed by atoms with E-state index < -0.39 is 11.7 Å². The van der Waals surface area contributed by atoms with Crippen LogP contribution in [0.2, 0.25) is 0 Å². The van der Waals surface area contributed by atoms with Gasteiger partial charge in [0.1, 0.15) is 5.82 Å². The Labute approximate surface area is 134 Å². The normalized spacial score (nSPS) is 11.9. The number of halogens is 1. The molecule has 3 rings (SSSR count). The first-order valence-electron chi connectivity index (χ1n) is 7.44. The summed E-state index contributed by atoms with van der Waals surface area (Å²) in [6, 6.07) is 17.6. The van der Waals surface area contributed by atoms with E-state index in [0.717, 1.165) is 11.3 Å². The summed E-state index contributed by atoms with van der Waals surface area (Å²) in [6.45, 7) is 1.88. The molecule has 1 aromatic heterocycles. The van der Waals surface area contributed by atoms with E-state index in [4.69, 9.17) is 0 Å². The van der Waals surface area contributed by atoms with Crippen LogP contribution >= 0.6 is 0 Å². The minimum atomic E-state index is -0.514. The lowest BCUT2D eigenvalue weighted by Gasteiger charge is -2.15. The molecule has 0 bridgehead atoms. The lowest BCUT2D eigenvalue weighted by atomic mass is 10.1. The summed E-state index contributed by atoms with van der Waals surface area (Å²) >= 11 is 0. The molecule has 0 aliphatic carbocycles. The summed E-state index contributed by atoms with van der Waals surface area (Å²) in [4.78, 5) is 12.1. The van der Waals surface area contributed by atoms with E-state index in [1.807, 2.05) is 60.3 Å². The number of hydrogen-bond donors (Lipinski definition) is 1. The summed E-state index contributed by atoms with van der Waals surface area (Å²) in [6.07, 6.45) is 3.94. The van der Waals surface area contributed by atoms with Gasteiger partial charge in [-0.25, -0.2) is 4.39 Å². The molecule has 0 saturated heterocycles. The number of rotatable bonds is 4. The van der Waals surface area contributed by atoms with Crippen molar-refractivity contribution in [1.82, 2.24) is 9.88 Å². The molecule has 4 heteroatoms. The Kier molecular flexibility index (Phi) is 4.24. The van der Waals surface area contributed by atoms with Gasteiger partial charge in [0.2, 0.25) is 0 Å². The average molecular weight is 308 g/mol. The second-order valence-electron chi connectivity index (χ2n) is 5.36. The van der Waals surface area contributed by atoms with Crippen LogP contribution in [0.3, 0.4) is 0 Å². The Hall–Kier alpha value is -2.88. The van der Waals surface area contributed by atoms with Crippen LogP contribution in [0.5, 0.6) is 0 Å². The zero-order chi connectivity index (χ0) is 16.2. The van der Waals surface area contributed by atoms with Crippen LogP contribution in [-0.4, -0.2) is 10.5 Å². The van der Waals surface area contributed by atoms with Crippen molar-refractivity contribution in [3.05, 3.63) is 90.0 Å². The van der Waals surface area contributed by atoms with E-state index in [0.29, 0.717) is 0 Å². The molecule has 116 valence electrons. The van der Waals surface area contributed by atoms with Crippen LogP contribution in [0.25, 0.3) is 5.69 Å². The van der Waals surface area contributed by atoms with Gasteiger partial charge in [0.25, 0.3) is 5.91 Å². The van der Waals surface area contributed by atoms with Gasteiger partial charge in [0.05, 0.1) is 11.6 Å². The second kappa shape index (κ2) is 6.48. The first-order chi connectivity index (χ1) is 11.1. The third kappa shape index (κ3) is 3.31. The molecule has 1 amide bonds. The van der Waals surface area contributed by atoms with Crippen molar-refractivity contribution in [1.29, 1.82) is 0 Å². The van der Waals surface area contributed by atoms with Crippen molar-refractivity contribution in [3.63, 3.8) is 0 Å². The molecule has 1 unspecified atom stereocenters. The number of nitrogens with zero attached hydrogens (tertiary/aromatic N) is 1. The molecule has 2 aromatic carbocycles. The van der Waals surface area contributed by atoms with E-state index in [2.05, 4.69) is 5.32 Å². The van der Waals surface area contributed by atoms with Gasteiger partial charge in [-0.05, 0) is 48.9 Å². The molecule has 0 aliphatic rings. The summed E-state index contributed by atoms with van der Waals surface area (Å²) in [5, 5.41) is 2.82. The fourth-order valence-electron chi connectivity index (χ4n) is 2.44. The molecule has 3 nitrogen and oxygen atoms in total. The van der Waals surface area contributed by atoms with E-state index in [1.54, 1.807) is 12.1 Å². The Morgan fingerprint density at radius 1 is 1.00 bits per heavy atom. The Bertz CT molecular complexity index is 795. The molecule has 0 fully saturated rings. The molecular formula is C19H17FN2O. The van der Waals surface area contributed by atoms with Crippen molar-refractivity contribution in [2.75, 3.05) is 0 Å². The Morgan fingerprint density at radius 3 is 2.30 bits per heavy atom. The van der Waals surface area contributed by atoms with Gasteiger partial charge in [-0.1, -0.05) is 24.3 Å². The summed E-state index contributed by atoms with van der Waals surface area (Å²) in [5.74, 6) is -0.926. The second-order valence-corrected chi connectivity index (χ2v) is 5.36. The van der Waals surface area contributed by atoms with Gasteiger partial charge in [-0.3, -0.25) is 4.79 Å². The minimum absolute atomic E-state index is 0.0586. The van der Waals surface area contributed by atoms with Crippen LogP contribution in [0, 0.1) is 5.82 Å². The highest BCUT2D eigenvalue weighted by Gasteiger charge is 2.14. The van der Waals surface area contributed by atoms with Crippen molar-refractivity contribution in [2.24, 2.45) is 0 Å². The zero-order valence-electron chi connectivity index (χ0n) is 12.7. The third-order valence-corrected chi connectivity index (χ3v) is 3.76. The van der Waals surface area contributed by atoms with Crippen molar-refractivity contribution >= 4 is 5.91 Å². The number of carbonyl (C=O) groups is 1. The predicted octanol–water partition coefficient (Wildman–Crippen LogP) is 4.11. The van der Waals surface area contributed by atoms with E-state index >= 15 is 0 Å². The molecule has 0 radical (unpaired) electrons. The van der Waals surface area contributed by atoms with Gasteiger partial charge in [-0.2, -0.15) is 0 Å². The molecule has 1 atom stereocenters. The predicted molar refractivity (Wildman–Crippen MR) is 88.1 cm³/mol. The van der Waals surface area contributed by atoms with Gasteiger partial charge in [0, 0.05) is 18.1 Å². The number of aromatic nitrogens is 1. The Morgan fingerprint density at radius 2 is 1.65 bits per heavy atom. The number of benzene rings is 2. The van der Waals surface area contributed by atoms with Crippen LogP contribution in [-0.2, 0) is 0 Å². The standard InChI is InChI=1S/C19H17FN2O/c1-14(21-19(23)17-6-2-3-7-18(17)20)15-8-10-16(11-9-15)22-12-4-5-13-22/h2-14H,1H3,(H,21,23). The van der Waals surface area contributed by atoms with Crippen LogP contribution in [0.1, 0.15) is 28.9 Å². The highest BCUT2D eigenvalue weighted by atomic mass is 19.1. The molecule has 0 aliphatic heterocycles. The highest BCUT2D eigenvalue weighted by Crippen LogP contribution is 2.17. The quantitative estimate of drug-likeness (QED) is 0.773. The van der Waals surface area contributed by atoms with E-state index in [9.17, 15) is 9.18 Å². The smallest absolute Gasteiger partial charge is 0.254 e. The SMILES string of the molecule is CC(NC(=O)c1ccccc1F)c1ccc(-n2cccc2)cc1. The molecule has 0 spiro atoms. The first kappa shape index (κ1) is 15.0. The van der Waals surface area contributed by atoms with Gasteiger partial charge in [0.15, 0.2) is 0 Å².